The first-order chi connectivity index (χ1) is 16.8. The Bertz CT molecular complexity index is 1300. The van der Waals surface area contributed by atoms with Crippen LogP contribution in [0.2, 0.25) is 0 Å². The summed E-state index contributed by atoms with van der Waals surface area (Å²) >= 11 is 1.04. The zero-order valence-corrected chi connectivity index (χ0v) is 19.3. The van der Waals surface area contributed by atoms with Crippen LogP contribution >= 0.6 is 11.3 Å². The number of carbonyl (C=O) groups excluding carboxylic acids is 2. The van der Waals surface area contributed by atoms with Crippen LogP contribution in [0, 0.1) is 20.2 Å². The first kappa shape index (κ1) is 24.0. The quantitative estimate of drug-likeness (QED) is 0.284. The zero-order chi connectivity index (χ0) is 24.9. The molecule has 12 nitrogen and oxygen atoms in total. The molecule has 0 bridgehead atoms. The molecule has 1 aliphatic rings. The molecule has 0 radical (unpaired) electrons. The van der Waals surface area contributed by atoms with Crippen molar-refractivity contribution in [1.82, 2.24) is 4.98 Å². The second-order valence-corrected chi connectivity index (χ2v) is 8.94. The van der Waals surface area contributed by atoms with E-state index in [2.05, 4.69) is 10.3 Å². The van der Waals surface area contributed by atoms with Gasteiger partial charge in [-0.3, -0.25) is 30.3 Å². The maximum atomic E-state index is 12.4. The van der Waals surface area contributed by atoms with Crippen LogP contribution in [0.15, 0.2) is 36.4 Å². The van der Waals surface area contributed by atoms with E-state index in [1.807, 2.05) is 4.90 Å². The van der Waals surface area contributed by atoms with Gasteiger partial charge in [0, 0.05) is 31.3 Å². The highest BCUT2D eigenvalue weighted by atomic mass is 32.1. The molecule has 13 heteroatoms. The van der Waals surface area contributed by atoms with E-state index in [1.54, 1.807) is 6.07 Å². The number of rotatable bonds is 7. The van der Waals surface area contributed by atoms with Gasteiger partial charge in [-0.2, -0.15) is 0 Å². The highest BCUT2D eigenvalue weighted by Crippen LogP contribution is 2.32. The van der Waals surface area contributed by atoms with Gasteiger partial charge in [0.2, 0.25) is 0 Å². The molecule has 3 aromatic rings. The number of non-ortho nitro benzene ring substituents is 1. The van der Waals surface area contributed by atoms with Gasteiger partial charge in [0.05, 0.1) is 25.6 Å². The standard InChI is InChI=1S/C22H21N5O7S/c28-20(24-22-23-16-7-6-15(26(30)31)12-19(16)35-22)13-34-21(29)14-5-8-17(18(11-14)27(32)33)25-9-3-1-2-4-10-25/h5-8,11-12H,1-4,9-10,13H2,(H,23,24,28). The van der Waals surface area contributed by atoms with Crippen molar-refractivity contribution in [2.24, 2.45) is 0 Å². The minimum absolute atomic E-state index is 0.0321. The van der Waals surface area contributed by atoms with Crippen molar-refractivity contribution in [3.05, 3.63) is 62.2 Å². The van der Waals surface area contributed by atoms with Crippen molar-refractivity contribution in [3.8, 4) is 0 Å². The van der Waals surface area contributed by atoms with Crippen LogP contribution in [-0.2, 0) is 9.53 Å². The molecule has 1 saturated heterocycles. The molecule has 0 spiro atoms. The molecule has 2 heterocycles. The molecule has 182 valence electrons. The summed E-state index contributed by atoms with van der Waals surface area (Å²) in [5, 5.41) is 25.2. The molecule has 0 aliphatic carbocycles. The molecule has 1 N–H and O–H groups in total. The maximum Gasteiger partial charge on any atom is 0.338 e. The molecule has 1 fully saturated rings. The Morgan fingerprint density at radius 1 is 1.03 bits per heavy atom. The number of hydrogen-bond donors (Lipinski definition) is 1. The number of thiazole rings is 1. The number of esters is 1. The Morgan fingerprint density at radius 2 is 1.77 bits per heavy atom. The van der Waals surface area contributed by atoms with Crippen molar-refractivity contribution in [1.29, 1.82) is 0 Å². The Labute approximate surface area is 202 Å². The average molecular weight is 500 g/mol. The normalized spacial score (nSPS) is 13.8. The van der Waals surface area contributed by atoms with Gasteiger partial charge >= 0.3 is 5.97 Å². The van der Waals surface area contributed by atoms with E-state index in [9.17, 15) is 29.8 Å². The van der Waals surface area contributed by atoms with Crippen LogP contribution in [0.5, 0.6) is 0 Å². The molecule has 2 aromatic carbocycles. The lowest BCUT2D eigenvalue weighted by Gasteiger charge is -2.22. The third-order valence-corrected chi connectivity index (χ3v) is 6.45. The number of nitrogens with zero attached hydrogens (tertiary/aromatic N) is 4. The second-order valence-electron chi connectivity index (χ2n) is 7.91. The Kier molecular flexibility index (Phi) is 7.15. The number of amides is 1. The number of ether oxygens (including phenoxy) is 1. The largest absolute Gasteiger partial charge is 0.452 e. The van der Waals surface area contributed by atoms with E-state index in [0.29, 0.717) is 29.0 Å². The van der Waals surface area contributed by atoms with Crippen LogP contribution in [-0.4, -0.2) is 46.4 Å². The minimum atomic E-state index is -0.870. The SMILES string of the molecule is O=C(COC(=O)c1ccc(N2CCCCCC2)c([N+](=O)[O-])c1)Nc1nc2ccc([N+](=O)[O-])cc2s1. The molecule has 1 aliphatic heterocycles. The highest BCUT2D eigenvalue weighted by molar-refractivity contribution is 7.22. The van der Waals surface area contributed by atoms with Crippen LogP contribution in [0.25, 0.3) is 10.2 Å². The van der Waals surface area contributed by atoms with E-state index in [0.717, 1.165) is 37.0 Å². The van der Waals surface area contributed by atoms with Crippen LogP contribution in [0.3, 0.4) is 0 Å². The van der Waals surface area contributed by atoms with Gasteiger partial charge in [-0.15, -0.1) is 0 Å². The third kappa shape index (κ3) is 5.69. The number of nitro groups is 2. The van der Waals surface area contributed by atoms with Crippen molar-refractivity contribution >= 4 is 55.6 Å². The number of nitrogens with one attached hydrogen (secondary N) is 1. The fourth-order valence-electron chi connectivity index (χ4n) is 3.83. The molecular weight excluding hydrogens is 478 g/mol. The van der Waals surface area contributed by atoms with Gasteiger partial charge < -0.3 is 9.64 Å². The average Bonchev–Trinajstić information content (AvgIpc) is 3.04. The Balaban J connectivity index is 1.40. The number of hydrogen-bond acceptors (Lipinski definition) is 10. The summed E-state index contributed by atoms with van der Waals surface area (Å²) in [6.45, 7) is 0.796. The predicted molar refractivity (Wildman–Crippen MR) is 129 cm³/mol. The van der Waals surface area contributed by atoms with Crippen molar-refractivity contribution in [2.75, 3.05) is 29.9 Å². The Hall–Kier alpha value is -4.13. The molecule has 1 amide bonds. The van der Waals surface area contributed by atoms with Crippen molar-refractivity contribution < 1.29 is 24.2 Å². The summed E-state index contributed by atoms with van der Waals surface area (Å²) in [6.07, 6.45) is 4.05. The summed E-state index contributed by atoms with van der Waals surface area (Å²) < 4.78 is 5.54. The molecule has 0 saturated carbocycles. The van der Waals surface area contributed by atoms with E-state index in [1.165, 1.54) is 30.3 Å². The molecule has 35 heavy (non-hydrogen) atoms. The smallest absolute Gasteiger partial charge is 0.338 e. The molecule has 4 rings (SSSR count). The summed E-state index contributed by atoms with van der Waals surface area (Å²) in [7, 11) is 0. The number of aromatic nitrogens is 1. The van der Waals surface area contributed by atoms with Crippen LogP contribution < -0.4 is 10.2 Å². The topological polar surface area (TPSA) is 158 Å². The van der Waals surface area contributed by atoms with Crippen LogP contribution in [0.1, 0.15) is 36.0 Å². The Morgan fingerprint density at radius 3 is 2.46 bits per heavy atom. The summed E-state index contributed by atoms with van der Waals surface area (Å²) in [5.74, 6) is -1.53. The van der Waals surface area contributed by atoms with Crippen LogP contribution in [0.4, 0.5) is 22.2 Å². The third-order valence-electron chi connectivity index (χ3n) is 5.52. The van der Waals surface area contributed by atoms with E-state index in [4.69, 9.17) is 4.74 Å². The monoisotopic (exact) mass is 499 g/mol. The highest BCUT2D eigenvalue weighted by Gasteiger charge is 2.23. The van der Waals surface area contributed by atoms with Gasteiger partial charge in [-0.1, -0.05) is 24.2 Å². The molecule has 1 aromatic heterocycles. The van der Waals surface area contributed by atoms with Gasteiger partial charge in [-0.25, -0.2) is 9.78 Å². The molecular formula is C22H21N5O7S. The predicted octanol–water partition coefficient (Wildman–Crippen LogP) is 4.29. The lowest BCUT2D eigenvalue weighted by Crippen LogP contribution is -2.25. The first-order valence-corrected chi connectivity index (χ1v) is 11.7. The summed E-state index contributed by atoms with van der Waals surface area (Å²) in [4.78, 5) is 52.3. The number of carbonyl (C=O) groups is 2. The number of benzene rings is 2. The van der Waals surface area contributed by atoms with Crippen molar-refractivity contribution in [2.45, 2.75) is 25.7 Å². The number of nitro benzene ring substituents is 2. The fraction of sp³-hybridized carbons (Fsp3) is 0.318. The van der Waals surface area contributed by atoms with Gasteiger partial charge in [0.15, 0.2) is 11.7 Å². The number of fused-ring (bicyclic) bond motifs is 1. The first-order valence-electron chi connectivity index (χ1n) is 10.9. The summed E-state index contributed by atoms with van der Waals surface area (Å²) in [5.41, 5.74) is 0.626. The van der Waals surface area contributed by atoms with Crippen molar-refractivity contribution in [3.63, 3.8) is 0 Å². The lowest BCUT2D eigenvalue weighted by molar-refractivity contribution is -0.384. The van der Waals surface area contributed by atoms with Gasteiger partial charge in [0.1, 0.15) is 5.69 Å². The molecule has 0 atom stereocenters. The second kappa shape index (κ2) is 10.4. The maximum absolute atomic E-state index is 12.4. The lowest BCUT2D eigenvalue weighted by atomic mass is 10.1. The van der Waals surface area contributed by atoms with E-state index < -0.39 is 28.3 Å². The van der Waals surface area contributed by atoms with E-state index >= 15 is 0 Å². The zero-order valence-electron chi connectivity index (χ0n) is 18.5. The summed E-state index contributed by atoms with van der Waals surface area (Å²) in [6, 6.07) is 8.30. The fourth-order valence-corrected chi connectivity index (χ4v) is 4.74. The number of anilines is 2. The van der Waals surface area contributed by atoms with Gasteiger partial charge in [0.25, 0.3) is 17.3 Å². The van der Waals surface area contributed by atoms with Gasteiger partial charge in [-0.05, 0) is 31.0 Å². The molecule has 0 unspecified atom stereocenters. The minimum Gasteiger partial charge on any atom is -0.452 e. The van der Waals surface area contributed by atoms with E-state index in [-0.39, 0.29) is 22.1 Å².